The van der Waals surface area contributed by atoms with E-state index in [1.54, 1.807) is 6.92 Å². The molecule has 5 heteroatoms. The molecule has 0 amide bonds. The second kappa shape index (κ2) is 4.98. The Balaban J connectivity index is 2.38. The topological polar surface area (TPSA) is 80.7 Å². The van der Waals surface area contributed by atoms with E-state index in [1.807, 2.05) is 0 Å². The van der Waals surface area contributed by atoms with E-state index < -0.39 is 23.6 Å². The van der Waals surface area contributed by atoms with Gasteiger partial charge in [-0.1, -0.05) is 12.7 Å². The fraction of sp³-hybridized carbons (Fsp3) is 0.533. The number of hydrogen-bond acceptors (Lipinski definition) is 5. The summed E-state index contributed by atoms with van der Waals surface area (Å²) in [6, 6.07) is 0. The maximum Gasteiger partial charge on any atom is 0.334 e. The monoisotopic (exact) mass is 278 g/mol. The molecule has 20 heavy (non-hydrogen) atoms. The number of esters is 1. The van der Waals surface area contributed by atoms with Crippen molar-refractivity contribution in [3.63, 3.8) is 0 Å². The van der Waals surface area contributed by atoms with Gasteiger partial charge in [0.25, 0.3) is 0 Å². The number of carbonyl (C=O) groups is 3. The molecule has 0 aromatic heterocycles. The molecule has 1 aliphatic carbocycles. The average molecular weight is 278 g/mol. The molecule has 0 aromatic carbocycles. The Hall–Kier alpha value is -1.75. The Labute approximate surface area is 117 Å². The van der Waals surface area contributed by atoms with Crippen LogP contribution in [0.25, 0.3) is 0 Å². The lowest BCUT2D eigenvalue weighted by Crippen LogP contribution is -2.45. The van der Waals surface area contributed by atoms with E-state index in [4.69, 9.17) is 4.74 Å². The van der Waals surface area contributed by atoms with E-state index >= 15 is 0 Å². The third-order valence-electron chi connectivity index (χ3n) is 4.22. The zero-order chi connectivity index (χ0) is 15.1. The van der Waals surface area contributed by atoms with Crippen LogP contribution in [-0.4, -0.2) is 34.9 Å². The molecule has 1 heterocycles. The highest BCUT2D eigenvalue weighted by Crippen LogP contribution is 2.43. The van der Waals surface area contributed by atoms with Crippen molar-refractivity contribution in [2.75, 3.05) is 0 Å². The minimum atomic E-state index is -1.23. The van der Waals surface area contributed by atoms with Gasteiger partial charge in [-0.3, -0.25) is 9.59 Å². The van der Waals surface area contributed by atoms with Gasteiger partial charge >= 0.3 is 5.97 Å². The summed E-state index contributed by atoms with van der Waals surface area (Å²) in [7, 11) is 0. The molecule has 4 atom stereocenters. The van der Waals surface area contributed by atoms with Crippen molar-refractivity contribution in [1.29, 1.82) is 0 Å². The maximum absolute atomic E-state index is 12.3. The molecular formula is C15H18O5. The number of fused-ring (bicyclic) bond motifs is 1. The molecule has 0 radical (unpaired) electrons. The van der Waals surface area contributed by atoms with Crippen molar-refractivity contribution in [3.8, 4) is 0 Å². The lowest BCUT2D eigenvalue weighted by Gasteiger charge is -2.31. The molecule has 1 saturated heterocycles. The summed E-state index contributed by atoms with van der Waals surface area (Å²) in [5, 5.41) is 10.5. The largest absolute Gasteiger partial charge is 0.456 e. The quantitative estimate of drug-likeness (QED) is 0.601. The van der Waals surface area contributed by atoms with Gasteiger partial charge in [-0.25, -0.2) is 4.79 Å². The Morgan fingerprint density at radius 3 is 2.75 bits per heavy atom. The SMILES string of the molecule is C=C1C(=O)O[C@@H]2[C@@H](O)[C@](C)(/C=C\C(C)=O)C(=O)CC[C@@H]12. The summed E-state index contributed by atoms with van der Waals surface area (Å²) in [6.45, 7) is 6.61. The van der Waals surface area contributed by atoms with E-state index in [2.05, 4.69) is 6.58 Å². The van der Waals surface area contributed by atoms with E-state index in [0.29, 0.717) is 12.0 Å². The molecule has 2 fully saturated rings. The van der Waals surface area contributed by atoms with Crippen LogP contribution in [-0.2, 0) is 19.1 Å². The van der Waals surface area contributed by atoms with E-state index in [-0.39, 0.29) is 23.9 Å². The zero-order valence-corrected chi connectivity index (χ0v) is 11.6. The van der Waals surface area contributed by atoms with E-state index in [9.17, 15) is 19.5 Å². The Kier molecular flexibility index (Phi) is 3.65. The highest BCUT2D eigenvalue weighted by molar-refractivity contribution is 5.94. The molecular weight excluding hydrogens is 260 g/mol. The standard InChI is InChI=1S/C15H18O5/c1-8(16)6-7-15(3)11(17)5-4-10-9(2)14(19)20-12(10)13(15)18/h6-7,10,12-13,18H,2,4-5H2,1,3H3/b7-6-/t10-,12-,13+,15+/m0/s1. The van der Waals surface area contributed by atoms with Crippen LogP contribution >= 0.6 is 0 Å². The molecule has 5 nitrogen and oxygen atoms in total. The molecule has 0 aromatic rings. The lowest BCUT2D eigenvalue weighted by atomic mass is 9.77. The first kappa shape index (κ1) is 14.7. The van der Waals surface area contributed by atoms with Crippen molar-refractivity contribution in [1.82, 2.24) is 0 Å². The van der Waals surface area contributed by atoms with Crippen molar-refractivity contribution in [3.05, 3.63) is 24.3 Å². The Morgan fingerprint density at radius 2 is 2.15 bits per heavy atom. The zero-order valence-electron chi connectivity index (χ0n) is 11.6. The van der Waals surface area contributed by atoms with Crippen LogP contribution in [0.2, 0.25) is 0 Å². The second-order valence-corrected chi connectivity index (χ2v) is 5.64. The number of aliphatic hydroxyl groups excluding tert-OH is 1. The molecule has 2 aliphatic rings. The van der Waals surface area contributed by atoms with Gasteiger partial charge in [0, 0.05) is 17.9 Å². The van der Waals surface area contributed by atoms with Gasteiger partial charge in [-0.15, -0.1) is 0 Å². The third-order valence-corrected chi connectivity index (χ3v) is 4.22. The molecule has 1 N–H and O–H groups in total. The number of allylic oxidation sites excluding steroid dienone is 1. The fourth-order valence-electron chi connectivity index (χ4n) is 2.80. The summed E-state index contributed by atoms with van der Waals surface area (Å²) >= 11 is 0. The van der Waals surface area contributed by atoms with Crippen LogP contribution in [0.3, 0.4) is 0 Å². The smallest absolute Gasteiger partial charge is 0.334 e. The van der Waals surface area contributed by atoms with E-state index in [1.165, 1.54) is 19.1 Å². The molecule has 108 valence electrons. The molecule has 0 unspecified atom stereocenters. The molecule has 0 bridgehead atoms. The predicted molar refractivity (Wildman–Crippen MR) is 70.7 cm³/mol. The number of ether oxygens (including phenoxy) is 1. The van der Waals surface area contributed by atoms with Crippen LogP contribution in [0.5, 0.6) is 0 Å². The van der Waals surface area contributed by atoms with Crippen LogP contribution < -0.4 is 0 Å². The second-order valence-electron chi connectivity index (χ2n) is 5.64. The first-order chi connectivity index (χ1) is 9.27. The molecule has 1 saturated carbocycles. The maximum atomic E-state index is 12.3. The summed E-state index contributed by atoms with van der Waals surface area (Å²) in [5.41, 5.74) is -0.919. The van der Waals surface area contributed by atoms with Gasteiger partial charge in [-0.05, 0) is 26.3 Å². The number of aliphatic hydroxyl groups is 1. The predicted octanol–water partition coefficient (Wildman–Crippen LogP) is 0.959. The van der Waals surface area contributed by atoms with Gasteiger partial charge in [0.05, 0.1) is 5.41 Å². The van der Waals surface area contributed by atoms with E-state index in [0.717, 1.165) is 0 Å². The molecule has 0 spiro atoms. The van der Waals surface area contributed by atoms with Crippen molar-refractivity contribution in [2.45, 2.75) is 38.9 Å². The normalized spacial score (nSPS) is 37.8. The molecule has 2 rings (SSSR count). The first-order valence-corrected chi connectivity index (χ1v) is 6.58. The van der Waals surface area contributed by atoms with Gasteiger partial charge in [0.2, 0.25) is 0 Å². The van der Waals surface area contributed by atoms with Crippen molar-refractivity contribution >= 4 is 17.5 Å². The van der Waals surface area contributed by atoms with Gasteiger partial charge in [0.1, 0.15) is 18.0 Å². The van der Waals surface area contributed by atoms with Crippen LogP contribution in [0, 0.1) is 11.3 Å². The number of carbonyl (C=O) groups excluding carboxylic acids is 3. The third kappa shape index (κ3) is 2.22. The summed E-state index contributed by atoms with van der Waals surface area (Å²) < 4.78 is 5.16. The highest BCUT2D eigenvalue weighted by atomic mass is 16.6. The first-order valence-electron chi connectivity index (χ1n) is 6.58. The summed E-state index contributed by atoms with van der Waals surface area (Å²) in [6.07, 6.45) is 1.37. The van der Waals surface area contributed by atoms with Crippen molar-refractivity contribution in [2.24, 2.45) is 11.3 Å². The molecule has 1 aliphatic heterocycles. The average Bonchev–Trinajstić information content (AvgIpc) is 2.63. The van der Waals surface area contributed by atoms with Crippen molar-refractivity contribution < 1.29 is 24.2 Å². The van der Waals surface area contributed by atoms with Crippen LogP contribution in [0.4, 0.5) is 0 Å². The Bertz CT molecular complexity index is 518. The number of Topliss-reactive ketones (excluding diaryl/α,β-unsaturated/α-hetero) is 1. The van der Waals surface area contributed by atoms with Crippen LogP contribution in [0.1, 0.15) is 26.7 Å². The lowest BCUT2D eigenvalue weighted by molar-refractivity contribution is -0.150. The number of rotatable bonds is 2. The summed E-state index contributed by atoms with van der Waals surface area (Å²) in [5.74, 6) is -1.24. The highest BCUT2D eigenvalue weighted by Gasteiger charge is 2.53. The minimum absolute atomic E-state index is 0.166. The Morgan fingerprint density at radius 1 is 1.50 bits per heavy atom. The van der Waals surface area contributed by atoms with Gasteiger partial charge in [0.15, 0.2) is 5.78 Å². The summed E-state index contributed by atoms with van der Waals surface area (Å²) in [4.78, 5) is 34.9. The minimum Gasteiger partial charge on any atom is -0.456 e. The number of hydrogen-bond donors (Lipinski definition) is 1. The van der Waals surface area contributed by atoms with Gasteiger partial charge < -0.3 is 9.84 Å². The van der Waals surface area contributed by atoms with Crippen LogP contribution in [0.15, 0.2) is 24.3 Å². The van der Waals surface area contributed by atoms with Gasteiger partial charge in [-0.2, -0.15) is 0 Å². The number of ketones is 2. The fourth-order valence-corrected chi connectivity index (χ4v) is 2.80.